The first kappa shape index (κ1) is 15.1. The summed E-state index contributed by atoms with van der Waals surface area (Å²) in [5.41, 5.74) is 7.36. The van der Waals surface area contributed by atoms with Gasteiger partial charge in [0.1, 0.15) is 0 Å². The minimum atomic E-state index is -3.69. The third-order valence-electron chi connectivity index (χ3n) is 2.84. The van der Waals surface area contributed by atoms with Gasteiger partial charge in [-0.2, -0.15) is 0 Å². The lowest BCUT2D eigenvalue weighted by Crippen LogP contribution is -2.13. The van der Waals surface area contributed by atoms with E-state index in [4.69, 9.17) is 10.5 Å². The van der Waals surface area contributed by atoms with Crippen LogP contribution in [-0.2, 0) is 10.0 Å². The number of aryl methyl sites for hydroxylation is 1. The molecular formula is C14H17N3O3S. The number of nitrogens with zero attached hydrogens (tertiary/aromatic N) is 1. The van der Waals surface area contributed by atoms with Crippen LogP contribution >= 0.6 is 0 Å². The minimum Gasteiger partial charge on any atom is -0.478 e. The van der Waals surface area contributed by atoms with Crippen LogP contribution in [0.3, 0.4) is 0 Å². The molecule has 0 amide bonds. The van der Waals surface area contributed by atoms with Crippen molar-refractivity contribution >= 4 is 21.4 Å². The maximum absolute atomic E-state index is 12.3. The fraction of sp³-hybridized carbons (Fsp3) is 0.214. The van der Waals surface area contributed by atoms with Crippen LogP contribution in [0.5, 0.6) is 5.88 Å². The van der Waals surface area contributed by atoms with Crippen LogP contribution in [0.4, 0.5) is 11.4 Å². The van der Waals surface area contributed by atoms with Crippen LogP contribution in [0.15, 0.2) is 41.4 Å². The Bertz CT molecular complexity index is 728. The van der Waals surface area contributed by atoms with Gasteiger partial charge in [-0.1, -0.05) is 6.07 Å². The number of anilines is 2. The lowest BCUT2D eigenvalue weighted by atomic mass is 10.2. The molecule has 2 rings (SSSR count). The Morgan fingerprint density at radius 2 is 2.05 bits per heavy atom. The van der Waals surface area contributed by atoms with Gasteiger partial charge >= 0.3 is 0 Å². The SMILES string of the molecule is CCOc1ccc(NS(=O)(=O)c2ccc(C)c(N)c2)cn1. The first-order valence-electron chi connectivity index (χ1n) is 6.40. The average molecular weight is 307 g/mol. The smallest absolute Gasteiger partial charge is 0.262 e. The zero-order chi connectivity index (χ0) is 15.5. The zero-order valence-corrected chi connectivity index (χ0v) is 12.6. The summed E-state index contributed by atoms with van der Waals surface area (Å²) < 4.78 is 32.1. The molecule has 0 aliphatic heterocycles. The largest absolute Gasteiger partial charge is 0.478 e. The lowest BCUT2D eigenvalue weighted by molar-refractivity contribution is 0.327. The molecule has 2 aromatic rings. The molecule has 0 unspecified atom stereocenters. The van der Waals surface area contributed by atoms with E-state index < -0.39 is 10.0 Å². The molecule has 0 spiro atoms. The van der Waals surface area contributed by atoms with E-state index in [0.717, 1.165) is 5.56 Å². The predicted octanol–water partition coefficient (Wildman–Crippen LogP) is 2.17. The average Bonchev–Trinajstić information content (AvgIpc) is 2.44. The molecule has 112 valence electrons. The van der Waals surface area contributed by atoms with E-state index in [2.05, 4.69) is 9.71 Å². The van der Waals surface area contributed by atoms with Crippen molar-refractivity contribution in [2.75, 3.05) is 17.1 Å². The summed E-state index contributed by atoms with van der Waals surface area (Å²) in [5, 5.41) is 0. The molecule has 6 nitrogen and oxygen atoms in total. The summed E-state index contributed by atoms with van der Waals surface area (Å²) in [7, 11) is -3.69. The van der Waals surface area contributed by atoms with E-state index in [1.807, 2.05) is 13.8 Å². The molecule has 7 heteroatoms. The van der Waals surface area contributed by atoms with Crippen molar-refractivity contribution in [2.24, 2.45) is 0 Å². The number of ether oxygens (including phenoxy) is 1. The molecule has 0 fully saturated rings. The fourth-order valence-electron chi connectivity index (χ4n) is 1.67. The number of nitrogens with one attached hydrogen (secondary N) is 1. The van der Waals surface area contributed by atoms with E-state index in [1.165, 1.54) is 18.3 Å². The summed E-state index contributed by atoms with van der Waals surface area (Å²) in [6.07, 6.45) is 1.40. The van der Waals surface area contributed by atoms with Gasteiger partial charge in [0.05, 0.1) is 23.4 Å². The van der Waals surface area contributed by atoms with Gasteiger partial charge in [-0.25, -0.2) is 13.4 Å². The molecule has 0 radical (unpaired) electrons. The molecule has 0 saturated heterocycles. The van der Waals surface area contributed by atoms with Gasteiger partial charge in [0.2, 0.25) is 5.88 Å². The number of nitrogen functional groups attached to an aromatic ring is 1. The molecule has 3 N–H and O–H groups in total. The van der Waals surface area contributed by atoms with Crippen molar-refractivity contribution in [1.82, 2.24) is 4.98 Å². The second kappa shape index (κ2) is 6.01. The third kappa shape index (κ3) is 3.63. The van der Waals surface area contributed by atoms with Gasteiger partial charge < -0.3 is 10.5 Å². The summed E-state index contributed by atoms with van der Waals surface area (Å²) >= 11 is 0. The molecule has 0 saturated carbocycles. The molecule has 21 heavy (non-hydrogen) atoms. The molecule has 1 aromatic heterocycles. The molecule has 1 aromatic carbocycles. The third-order valence-corrected chi connectivity index (χ3v) is 4.22. The first-order chi connectivity index (χ1) is 9.92. The first-order valence-corrected chi connectivity index (χ1v) is 7.88. The van der Waals surface area contributed by atoms with Crippen molar-refractivity contribution in [3.05, 3.63) is 42.1 Å². The van der Waals surface area contributed by atoms with Crippen LogP contribution < -0.4 is 15.2 Å². The van der Waals surface area contributed by atoms with Crippen LogP contribution in [0.25, 0.3) is 0 Å². The Hall–Kier alpha value is -2.28. The van der Waals surface area contributed by atoms with Crippen molar-refractivity contribution < 1.29 is 13.2 Å². The van der Waals surface area contributed by atoms with Crippen molar-refractivity contribution in [1.29, 1.82) is 0 Å². The summed E-state index contributed by atoms with van der Waals surface area (Å²) in [4.78, 5) is 4.11. The van der Waals surface area contributed by atoms with Crippen molar-refractivity contribution in [3.63, 3.8) is 0 Å². The minimum absolute atomic E-state index is 0.111. The number of benzene rings is 1. The molecule has 0 bridgehead atoms. The summed E-state index contributed by atoms with van der Waals surface area (Å²) in [5.74, 6) is 0.444. The number of sulfonamides is 1. The van der Waals surface area contributed by atoms with Crippen molar-refractivity contribution in [3.8, 4) is 5.88 Å². The van der Waals surface area contributed by atoms with Gasteiger partial charge in [-0.15, -0.1) is 0 Å². The number of pyridine rings is 1. The van der Waals surface area contributed by atoms with Crippen LogP contribution in [0.2, 0.25) is 0 Å². The predicted molar refractivity (Wildman–Crippen MR) is 81.8 cm³/mol. The highest BCUT2D eigenvalue weighted by Gasteiger charge is 2.15. The quantitative estimate of drug-likeness (QED) is 0.826. The molecule has 1 heterocycles. The zero-order valence-electron chi connectivity index (χ0n) is 11.8. The van der Waals surface area contributed by atoms with Gasteiger partial charge in [0, 0.05) is 11.8 Å². The Balaban J connectivity index is 2.22. The monoisotopic (exact) mass is 307 g/mol. The maximum Gasteiger partial charge on any atom is 0.262 e. The highest BCUT2D eigenvalue weighted by Crippen LogP contribution is 2.20. The maximum atomic E-state index is 12.3. The van der Waals surface area contributed by atoms with E-state index >= 15 is 0 Å². The van der Waals surface area contributed by atoms with Gasteiger partial charge in [-0.05, 0) is 37.6 Å². The fourth-order valence-corrected chi connectivity index (χ4v) is 2.75. The summed E-state index contributed by atoms with van der Waals surface area (Å²) in [6.45, 7) is 4.16. The number of hydrogen-bond acceptors (Lipinski definition) is 5. The number of nitrogens with two attached hydrogens (primary N) is 1. The van der Waals surface area contributed by atoms with Gasteiger partial charge in [0.15, 0.2) is 0 Å². The standard InChI is InChI=1S/C14H17N3O3S/c1-3-20-14-7-5-11(9-16-14)17-21(18,19)12-6-4-10(2)13(15)8-12/h4-9,17H,3,15H2,1-2H3. The summed E-state index contributed by atoms with van der Waals surface area (Å²) in [6, 6.07) is 7.80. The van der Waals surface area contributed by atoms with E-state index in [1.54, 1.807) is 18.2 Å². The topological polar surface area (TPSA) is 94.3 Å². The second-order valence-electron chi connectivity index (χ2n) is 4.44. The second-order valence-corrected chi connectivity index (χ2v) is 6.12. The molecular weight excluding hydrogens is 290 g/mol. The van der Waals surface area contributed by atoms with Crippen LogP contribution in [-0.4, -0.2) is 20.0 Å². The Morgan fingerprint density at radius 1 is 1.29 bits per heavy atom. The Kier molecular flexibility index (Phi) is 4.32. The number of aromatic nitrogens is 1. The molecule has 0 aliphatic rings. The Morgan fingerprint density at radius 3 is 2.62 bits per heavy atom. The van der Waals surface area contributed by atoms with E-state index in [0.29, 0.717) is 23.9 Å². The Labute approximate surface area is 124 Å². The van der Waals surface area contributed by atoms with Crippen molar-refractivity contribution in [2.45, 2.75) is 18.7 Å². The van der Waals surface area contributed by atoms with Gasteiger partial charge in [-0.3, -0.25) is 4.72 Å². The van der Waals surface area contributed by atoms with Gasteiger partial charge in [0.25, 0.3) is 10.0 Å². The highest BCUT2D eigenvalue weighted by molar-refractivity contribution is 7.92. The van der Waals surface area contributed by atoms with Crippen LogP contribution in [0.1, 0.15) is 12.5 Å². The lowest BCUT2D eigenvalue weighted by Gasteiger charge is -2.10. The van der Waals surface area contributed by atoms with E-state index in [9.17, 15) is 8.42 Å². The van der Waals surface area contributed by atoms with E-state index in [-0.39, 0.29) is 4.90 Å². The van der Waals surface area contributed by atoms with Crippen LogP contribution in [0, 0.1) is 6.92 Å². The number of hydrogen-bond donors (Lipinski definition) is 2. The number of rotatable bonds is 5. The normalized spacial score (nSPS) is 11.1. The molecule has 0 atom stereocenters. The molecule has 0 aliphatic carbocycles. The highest BCUT2D eigenvalue weighted by atomic mass is 32.2.